The fraction of sp³-hybridized carbons (Fsp3) is 0.296. The molecule has 1 N–H and O–H groups in total. The molecule has 1 aliphatic rings. The second-order valence-corrected chi connectivity index (χ2v) is 9.16. The van der Waals surface area contributed by atoms with Crippen LogP contribution in [0.15, 0.2) is 67.0 Å². The van der Waals surface area contributed by atoms with E-state index in [2.05, 4.69) is 74.8 Å². The Bertz CT molecular complexity index is 1280. The van der Waals surface area contributed by atoms with E-state index in [-0.39, 0.29) is 5.91 Å². The Morgan fingerprint density at radius 1 is 1.09 bits per heavy atom. The van der Waals surface area contributed by atoms with E-state index in [0.717, 1.165) is 18.7 Å². The number of halogens is 1. The van der Waals surface area contributed by atoms with Crippen molar-refractivity contribution < 1.29 is 4.79 Å². The Morgan fingerprint density at radius 2 is 1.82 bits per heavy atom. The Hall–Kier alpha value is -3.38. The summed E-state index contributed by atoms with van der Waals surface area (Å²) >= 11 is 6.09. The highest BCUT2D eigenvalue weighted by Crippen LogP contribution is 2.30. The van der Waals surface area contributed by atoms with Crippen LogP contribution in [-0.4, -0.2) is 33.4 Å². The van der Waals surface area contributed by atoms with Crippen LogP contribution in [0.2, 0.25) is 5.02 Å². The van der Waals surface area contributed by atoms with Gasteiger partial charge in [0.25, 0.3) is 5.91 Å². The molecule has 1 amide bonds. The molecule has 174 valence electrons. The minimum absolute atomic E-state index is 0.180. The third kappa shape index (κ3) is 4.64. The predicted molar refractivity (Wildman–Crippen MR) is 136 cm³/mol. The summed E-state index contributed by atoms with van der Waals surface area (Å²) in [5.74, 6) is 0.942. The first-order chi connectivity index (χ1) is 16.6. The molecule has 0 atom stereocenters. The lowest BCUT2D eigenvalue weighted by atomic mass is 9.89. The van der Waals surface area contributed by atoms with Crippen LogP contribution in [0.25, 0.3) is 5.78 Å². The maximum Gasteiger partial charge on any atom is 0.270 e. The predicted octanol–water partition coefficient (Wildman–Crippen LogP) is 5.26. The number of piperidine rings is 1. The molecule has 5 rings (SSSR count). The topological polar surface area (TPSA) is 62.5 Å². The number of hydrogen-bond acceptors (Lipinski definition) is 4. The van der Waals surface area contributed by atoms with Gasteiger partial charge >= 0.3 is 0 Å². The summed E-state index contributed by atoms with van der Waals surface area (Å²) in [5.41, 5.74) is 4.94. The maximum atomic E-state index is 13.0. The summed E-state index contributed by atoms with van der Waals surface area (Å²) in [7, 11) is 0. The summed E-state index contributed by atoms with van der Waals surface area (Å²) in [6, 6.07) is 19.3. The quantitative estimate of drug-likeness (QED) is 0.415. The molecule has 2 aromatic carbocycles. The van der Waals surface area contributed by atoms with Crippen LogP contribution < -0.4 is 10.2 Å². The zero-order valence-corrected chi connectivity index (χ0v) is 20.0. The molecule has 0 spiro atoms. The number of imidazole rings is 1. The van der Waals surface area contributed by atoms with E-state index in [1.807, 2.05) is 6.92 Å². The van der Waals surface area contributed by atoms with Gasteiger partial charge in [-0.25, -0.2) is 9.97 Å². The molecule has 1 aliphatic heterocycles. The standard InChI is InChI=1S/C27H28ClN5O/c1-2-24-25(33-18-22(28)17-30-27(33)31-24)26(34)29-16-19-8-10-23(11-9-19)32-14-12-21(13-15-32)20-6-4-3-5-7-20/h3-11,17-18,21H,2,12-16H2,1H3,(H,29,34). The molecule has 3 heterocycles. The van der Waals surface area contributed by atoms with Gasteiger partial charge in [0, 0.05) is 31.5 Å². The molecule has 7 heteroatoms. The van der Waals surface area contributed by atoms with Gasteiger partial charge < -0.3 is 10.2 Å². The molecular formula is C27H28ClN5O. The first-order valence-corrected chi connectivity index (χ1v) is 12.2. The number of rotatable bonds is 6. The van der Waals surface area contributed by atoms with Gasteiger partial charge in [0.15, 0.2) is 0 Å². The molecular weight excluding hydrogens is 446 g/mol. The van der Waals surface area contributed by atoms with Gasteiger partial charge in [-0.15, -0.1) is 0 Å². The molecule has 6 nitrogen and oxygen atoms in total. The number of nitrogens with one attached hydrogen (secondary N) is 1. The number of aromatic nitrogens is 3. The lowest BCUT2D eigenvalue weighted by Crippen LogP contribution is -2.32. The zero-order valence-electron chi connectivity index (χ0n) is 19.2. The van der Waals surface area contributed by atoms with Crippen LogP contribution in [0.4, 0.5) is 5.69 Å². The van der Waals surface area contributed by atoms with Crippen molar-refractivity contribution in [2.45, 2.75) is 38.6 Å². The van der Waals surface area contributed by atoms with Crippen molar-refractivity contribution in [2.75, 3.05) is 18.0 Å². The minimum Gasteiger partial charge on any atom is -0.371 e. The number of carbonyl (C=O) groups is 1. The van der Waals surface area contributed by atoms with Gasteiger partial charge in [-0.05, 0) is 48.4 Å². The highest BCUT2D eigenvalue weighted by Gasteiger charge is 2.21. The van der Waals surface area contributed by atoms with E-state index in [4.69, 9.17) is 11.6 Å². The number of anilines is 1. The van der Waals surface area contributed by atoms with Gasteiger partial charge in [-0.2, -0.15) is 0 Å². The van der Waals surface area contributed by atoms with Crippen LogP contribution >= 0.6 is 11.6 Å². The SMILES string of the molecule is CCc1nc2ncc(Cl)cn2c1C(=O)NCc1ccc(N2CCC(c3ccccc3)CC2)cc1. The smallest absolute Gasteiger partial charge is 0.270 e. The van der Waals surface area contributed by atoms with Crippen LogP contribution in [-0.2, 0) is 13.0 Å². The number of fused-ring (bicyclic) bond motifs is 1. The average Bonchev–Trinajstić information content (AvgIpc) is 3.26. The van der Waals surface area contributed by atoms with Crippen LogP contribution in [0.3, 0.4) is 0 Å². The molecule has 4 aromatic rings. The van der Waals surface area contributed by atoms with Crippen molar-refractivity contribution >= 4 is 29.0 Å². The molecule has 34 heavy (non-hydrogen) atoms. The van der Waals surface area contributed by atoms with Crippen LogP contribution in [0.5, 0.6) is 0 Å². The monoisotopic (exact) mass is 473 g/mol. The van der Waals surface area contributed by atoms with E-state index in [1.54, 1.807) is 10.6 Å². The van der Waals surface area contributed by atoms with E-state index >= 15 is 0 Å². The van der Waals surface area contributed by atoms with Gasteiger partial charge in [-0.1, -0.05) is 61.0 Å². The normalized spacial score (nSPS) is 14.5. The number of carbonyl (C=O) groups excluding carboxylic acids is 1. The van der Waals surface area contributed by atoms with Gasteiger partial charge in [0.2, 0.25) is 5.78 Å². The van der Waals surface area contributed by atoms with Gasteiger partial charge in [0.1, 0.15) is 5.69 Å². The lowest BCUT2D eigenvalue weighted by Gasteiger charge is -2.34. The summed E-state index contributed by atoms with van der Waals surface area (Å²) in [4.78, 5) is 24.1. The van der Waals surface area contributed by atoms with Crippen molar-refractivity contribution in [1.29, 1.82) is 0 Å². The molecule has 2 aromatic heterocycles. The summed E-state index contributed by atoms with van der Waals surface area (Å²) in [5, 5.41) is 3.49. The van der Waals surface area contributed by atoms with Crippen LogP contribution in [0, 0.1) is 0 Å². The maximum absolute atomic E-state index is 13.0. The van der Waals surface area contributed by atoms with Crippen LogP contribution in [0.1, 0.15) is 53.0 Å². The average molecular weight is 474 g/mol. The molecule has 1 fully saturated rings. The Balaban J connectivity index is 1.21. The molecule has 0 radical (unpaired) electrons. The third-order valence-electron chi connectivity index (χ3n) is 6.59. The van der Waals surface area contributed by atoms with Gasteiger partial charge in [-0.3, -0.25) is 9.20 Å². The highest BCUT2D eigenvalue weighted by molar-refractivity contribution is 6.30. The van der Waals surface area contributed by atoms with Crippen molar-refractivity contribution in [3.05, 3.63) is 94.5 Å². The summed E-state index contributed by atoms with van der Waals surface area (Å²) in [6.45, 7) is 4.53. The fourth-order valence-corrected chi connectivity index (χ4v) is 4.88. The number of aryl methyl sites for hydroxylation is 1. The molecule has 1 saturated heterocycles. The Labute approximate surface area is 204 Å². The van der Waals surface area contributed by atoms with Gasteiger partial charge in [0.05, 0.1) is 16.9 Å². The first-order valence-electron chi connectivity index (χ1n) is 11.8. The van der Waals surface area contributed by atoms with Crippen molar-refractivity contribution in [3.8, 4) is 0 Å². The fourth-order valence-electron chi connectivity index (χ4n) is 4.73. The molecule has 0 bridgehead atoms. The number of hydrogen-bond donors (Lipinski definition) is 1. The van der Waals surface area contributed by atoms with Crippen molar-refractivity contribution in [1.82, 2.24) is 19.7 Å². The second-order valence-electron chi connectivity index (χ2n) is 8.72. The molecule has 0 saturated carbocycles. The van der Waals surface area contributed by atoms with E-state index in [0.29, 0.717) is 41.1 Å². The largest absolute Gasteiger partial charge is 0.371 e. The van der Waals surface area contributed by atoms with E-state index in [9.17, 15) is 4.79 Å². The molecule has 0 unspecified atom stereocenters. The third-order valence-corrected chi connectivity index (χ3v) is 6.79. The zero-order chi connectivity index (χ0) is 23.5. The van der Waals surface area contributed by atoms with E-state index in [1.165, 1.54) is 30.3 Å². The number of nitrogens with zero attached hydrogens (tertiary/aromatic N) is 4. The van der Waals surface area contributed by atoms with Crippen molar-refractivity contribution in [3.63, 3.8) is 0 Å². The number of amides is 1. The minimum atomic E-state index is -0.180. The Morgan fingerprint density at radius 3 is 2.53 bits per heavy atom. The first kappa shape index (κ1) is 22.4. The Kier molecular flexibility index (Phi) is 6.50. The van der Waals surface area contributed by atoms with E-state index < -0.39 is 0 Å². The summed E-state index contributed by atoms with van der Waals surface area (Å²) in [6.07, 6.45) is 6.19. The molecule has 0 aliphatic carbocycles. The summed E-state index contributed by atoms with van der Waals surface area (Å²) < 4.78 is 1.67. The highest BCUT2D eigenvalue weighted by atomic mass is 35.5. The van der Waals surface area contributed by atoms with Crippen molar-refractivity contribution in [2.24, 2.45) is 0 Å². The number of benzene rings is 2. The lowest BCUT2D eigenvalue weighted by molar-refractivity contribution is 0.0944. The second kappa shape index (κ2) is 9.85.